The highest BCUT2D eigenvalue weighted by molar-refractivity contribution is 7.09. The second-order valence-corrected chi connectivity index (χ2v) is 3.71. The maximum Gasteiger partial charge on any atom is 0.202 e. The third-order valence-electron chi connectivity index (χ3n) is 1.77. The molecular weight excluding hydrogens is 146 g/mol. The van der Waals surface area contributed by atoms with Crippen LogP contribution in [0.15, 0.2) is 6.33 Å². The molecule has 1 N–H and O–H groups in total. The molecule has 4 heteroatoms. The summed E-state index contributed by atoms with van der Waals surface area (Å²) in [5.41, 5.74) is 0.333. The summed E-state index contributed by atoms with van der Waals surface area (Å²) in [6.45, 7) is 2.20. The van der Waals surface area contributed by atoms with Crippen molar-refractivity contribution in [2.45, 2.75) is 25.3 Å². The van der Waals surface area contributed by atoms with Crippen LogP contribution in [0.3, 0.4) is 0 Å². The molecule has 0 bridgehead atoms. The second-order valence-electron chi connectivity index (χ2n) is 2.93. The van der Waals surface area contributed by atoms with E-state index in [1.165, 1.54) is 24.4 Å². The zero-order valence-electron chi connectivity index (χ0n) is 5.79. The van der Waals surface area contributed by atoms with E-state index >= 15 is 0 Å². The van der Waals surface area contributed by atoms with Crippen molar-refractivity contribution in [3.8, 4) is 0 Å². The van der Waals surface area contributed by atoms with Crippen LogP contribution in [0.2, 0.25) is 0 Å². The van der Waals surface area contributed by atoms with Crippen molar-refractivity contribution < 1.29 is 0 Å². The summed E-state index contributed by atoms with van der Waals surface area (Å²) in [5.74, 6) is 0. The number of nitrogens with zero attached hydrogens (tertiary/aromatic N) is 2. The van der Waals surface area contributed by atoms with Crippen molar-refractivity contribution in [1.82, 2.24) is 9.36 Å². The molecule has 10 heavy (non-hydrogen) atoms. The van der Waals surface area contributed by atoms with Crippen LogP contribution in [0.4, 0.5) is 5.13 Å². The molecule has 1 aromatic rings. The van der Waals surface area contributed by atoms with E-state index in [0.717, 1.165) is 5.13 Å². The van der Waals surface area contributed by atoms with Crippen molar-refractivity contribution >= 4 is 16.7 Å². The SMILES string of the molecule is CC1(Nc2ncns2)CC1. The molecule has 3 nitrogen and oxygen atoms in total. The van der Waals surface area contributed by atoms with Gasteiger partial charge in [-0.15, -0.1) is 0 Å². The molecule has 0 radical (unpaired) electrons. The van der Waals surface area contributed by atoms with E-state index in [4.69, 9.17) is 0 Å². The van der Waals surface area contributed by atoms with E-state index in [2.05, 4.69) is 21.6 Å². The highest BCUT2D eigenvalue weighted by Crippen LogP contribution is 2.38. The van der Waals surface area contributed by atoms with E-state index in [1.807, 2.05) is 0 Å². The average Bonchev–Trinajstić information content (AvgIpc) is 2.47. The third kappa shape index (κ3) is 1.11. The van der Waals surface area contributed by atoms with Gasteiger partial charge >= 0.3 is 0 Å². The monoisotopic (exact) mass is 155 g/mol. The molecule has 1 fully saturated rings. The zero-order valence-corrected chi connectivity index (χ0v) is 6.61. The van der Waals surface area contributed by atoms with Crippen LogP contribution in [0.5, 0.6) is 0 Å². The molecule has 2 rings (SSSR count). The lowest BCUT2D eigenvalue weighted by Gasteiger charge is -2.07. The molecule has 0 unspecified atom stereocenters. The van der Waals surface area contributed by atoms with Gasteiger partial charge in [0.2, 0.25) is 5.13 Å². The van der Waals surface area contributed by atoms with Gasteiger partial charge in [-0.25, -0.2) is 4.98 Å². The fourth-order valence-electron chi connectivity index (χ4n) is 0.799. The van der Waals surface area contributed by atoms with Gasteiger partial charge < -0.3 is 5.32 Å². The van der Waals surface area contributed by atoms with Crippen LogP contribution in [0.1, 0.15) is 19.8 Å². The van der Waals surface area contributed by atoms with E-state index in [1.54, 1.807) is 6.33 Å². The van der Waals surface area contributed by atoms with Crippen LogP contribution in [0, 0.1) is 0 Å². The number of anilines is 1. The molecule has 0 spiro atoms. The lowest BCUT2D eigenvalue weighted by atomic mass is 10.3. The van der Waals surface area contributed by atoms with Crippen molar-refractivity contribution in [3.63, 3.8) is 0 Å². The Balaban J connectivity index is 2.04. The molecule has 0 aromatic carbocycles. The molecule has 0 aliphatic heterocycles. The summed E-state index contributed by atoms with van der Waals surface area (Å²) in [4.78, 5) is 4.04. The highest BCUT2D eigenvalue weighted by atomic mass is 32.1. The van der Waals surface area contributed by atoms with E-state index < -0.39 is 0 Å². The fraction of sp³-hybridized carbons (Fsp3) is 0.667. The van der Waals surface area contributed by atoms with Crippen molar-refractivity contribution in [2.75, 3.05) is 5.32 Å². The standard InChI is InChI=1S/C6H9N3S/c1-6(2-3-6)9-5-7-4-8-10-5/h4H,2-3H2,1H3,(H,7,8,9). The maximum atomic E-state index is 4.04. The van der Waals surface area contributed by atoms with Crippen molar-refractivity contribution in [2.24, 2.45) is 0 Å². The summed E-state index contributed by atoms with van der Waals surface area (Å²) in [6, 6.07) is 0. The van der Waals surface area contributed by atoms with E-state index in [9.17, 15) is 0 Å². The molecule has 54 valence electrons. The number of rotatable bonds is 2. The summed E-state index contributed by atoms with van der Waals surface area (Å²) in [5, 5.41) is 4.26. The predicted octanol–water partition coefficient (Wildman–Crippen LogP) is 1.50. The summed E-state index contributed by atoms with van der Waals surface area (Å²) < 4.78 is 3.90. The van der Waals surface area contributed by atoms with Crippen LogP contribution in [0.25, 0.3) is 0 Å². The van der Waals surface area contributed by atoms with Gasteiger partial charge in [0.25, 0.3) is 0 Å². The fourth-order valence-corrected chi connectivity index (χ4v) is 1.38. The molecule has 0 saturated heterocycles. The molecule has 1 aliphatic carbocycles. The Morgan fingerprint density at radius 3 is 3.00 bits per heavy atom. The first-order valence-corrected chi connectivity index (χ1v) is 4.11. The minimum atomic E-state index is 0.333. The Morgan fingerprint density at radius 1 is 1.70 bits per heavy atom. The number of aromatic nitrogens is 2. The Hall–Kier alpha value is -0.640. The largest absolute Gasteiger partial charge is 0.355 e. The quantitative estimate of drug-likeness (QED) is 0.703. The first-order valence-electron chi connectivity index (χ1n) is 3.33. The van der Waals surface area contributed by atoms with Gasteiger partial charge in [-0.1, -0.05) is 0 Å². The normalized spacial score (nSPS) is 20.5. The Bertz CT molecular complexity index is 215. The summed E-state index contributed by atoms with van der Waals surface area (Å²) in [7, 11) is 0. The minimum absolute atomic E-state index is 0.333. The summed E-state index contributed by atoms with van der Waals surface area (Å²) >= 11 is 1.42. The van der Waals surface area contributed by atoms with Crippen molar-refractivity contribution in [3.05, 3.63) is 6.33 Å². The third-order valence-corrected chi connectivity index (χ3v) is 2.35. The van der Waals surface area contributed by atoms with E-state index in [-0.39, 0.29) is 0 Å². The highest BCUT2D eigenvalue weighted by Gasteiger charge is 2.37. The Labute approximate surface area is 63.7 Å². The van der Waals surface area contributed by atoms with Gasteiger partial charge in [0.15, 0.2) is 0 Å². The topological polar surface area (TPSA) is 37.8 Å². The van der Waals surface area contributed by atoms with Crippen LogP contribution < -0.4 is 5.32 Å². The number of hydrogen-bond acceptors (Lipinski definition) is 4. The van der Waals surface area contributed by atoms with E-state index in [0.29, 0.717) is 5.54 Å². The first kappa shape index (κ1) is 6.09. The molecule has 0 amide bonds. The molecule has 1 saturated carbocycles. The summed E-state index contributed by atoms with van der Waals surface area (Å²) in [6.07, 6.45) is 4.10. The van der Waals surface area contributed by atoms with Crippen LogP contribution in [-0.4, -0.2) is 14.9 Å². The smallest absolute Gasteiger partial charge is 0.202 e. The van der Waals surface area contributed by atoms with Gasteiger partial charge in [-0.05, 0) is 19.8 Å². The average molecular weight is 155 g/mol. The molecule has 1 aromatic heterocycles. The van der Waals surface area contributed by atoms with Crippen LogP contribution in [-0.2, 0) is 0 Å². The van der Waals surface area contributed by atoms with Crippen molar-refractivity contribution in [1.29, 1.82) is 0 Å². The molecule has 1 heterocycles. The van der Waals surface area contributed by atoms with Gasteiger partial charge in [0.05, 0.1) is 0 Å². The minimum Gasteiger partial charge on any atom is -0.355 e. The maximum absolute atomic E-state index is 4.04. The first-order chi connectivity index (χ1) is 4.79. The molecule has 1 aliphatic rings. The van der Waals surface area contributed by atoms with Crippen LogP contribution >= 0.6 is 11.5 Å². The Kier molecular flexibility index (Phi) is 1.17. The Morgan fingerprint density at radius 2 is 2.50 bits per heavy atom. The molecular formula is C6H9N3S. The lowest BCUT2D eigenvalue weighted by molar-refractivity contribution is 0.827. The van der Waals surface area contributed by atoms with Gasteiger partial charge in [0.1, 0.15) is 6.33 Å². The molecule has 0 atom stereocenters. The number of nitrogens with one attached hydrogen (secondary N) is 1. The van der Waals surface area contributed by atoms with Gasteiger partial charge in [-0.2, -0.15) is 4.37 Å². The predicted molar refractivity (Wildman–Crippen MR) is 41.2 cm³/mol. The zero-order chi connectivity index (χ0) is 7.03. The van der Waals surface area contributed by atoms with Gasteiger partial charge in [-0.3, -0.25) is 0 Å². The van der Waals surface area contributed by atoms with Gasteiger partial charge in [0, 0.05) is 17.1 Å². The number of hydrogen-bond donors (Lipinski definition) is 1. The second kappa shape index (κ2) is 1.92. The lowest BCUT2D eigenvalue weighted by Crippen LogP contribution is -2.15.